The molecule has 0 aliphatic carbocycles. The predicted octanol–water partition coefficient (Wildman–Crippen LogP) is 12.1. The molecule has 0 unspecified atom stereocenters. The summed E-state index contributed by atoms with van der Waals surface area (Å²) in [5.41, 5.74) is 0. The minimum absolute atomic E-state index is 0.743. The van der Waals surface area contributed by atoms with Crippen molar-refractivity contribution in [2.75, 3.05) is 2.43 Å². The first kappa shape index (κ1) is 34.2. The molecular formula is C26H31I5. The van der Waals surface area contributed by atoms with Gasteiger partial charge in [0.15, 0.2) is 0 Å². The third-order valence-corrected chi connectivity index (χ3v) is 3.32. The zero-order valence-electron chi connectivity index (χ0n) is 18.4. The highest BCUT2D eigenvalue weighted by Gasteiger charge is 1.86. The Morgan fingerprint density at radius 1 is 0.452 bits per heavy atom. The fraction of sp³-hybridized carbons (Fsp3) is 0.231. The van der Waals surface area contributed by atoms with Crippen molar-refractivity contribution < 1.29 is 0 Å². The monoisotopic (exact) mass is 978 g/mol. The van der Waals surface area contributed by atoms with Gasteiger partial charge in [-0.1, -0.05) is 238 Å². The molecule has 0 saturated heterocycles. The SMILES string of the molecule is CC.CC.IC(I)I.ICI.c1ccc2ccccc2c1.c1ccc2ccccc2c1. The standard InChI is InChI=1S/2C10H8.2C2H6.CHI3.CH2I2/c2*1-2-6-10-8-4-3-7-9(10)5-1;2*1-2;2-1(3)4;2-1-3/h2*1-8H;2*1-2H3;1H;1H2. The highest BCUT2D eigenvalue weighted by molar-refractivity contribution is 14.3. The first-order valence-electron chi connectivity index (χ1n) is 10.00. The molecule has 0 aromatic heterocycles. The van der Waals surface area contributed by atoms with Gasteiger partial charge in [-0.3, -0.25) is 0 Å². The van der Waals surface area contributed by atoms with Gasteiger partial charge in [0.2, 0.25) is 0 Å². The number of alkyl halides is 5. The molecule has 0 N–H and O–H groups in total. The molecule has 0 saturated carbocycles. The molecular weight excluding hydrogens is 947 g/mol. The van der Waals surface area contributed by atoms with Crippen LogP contribution < -0.4 is 0 Å². The molecule has 170 valence electrons. The van der Waals surface area contributed by atoms with Crippen molar-refractivity contribution >= 4 is 134 Å². The molecule has 0 radical (unpaired) electrons. The lowest BCUT2D eigenvalue weighted by molar-refractivity contribution is 1.50. The van der Waals surface area contributed by atoms with Gasteiger partial charge in [0, 0.05) is 0 Å². The Morgan fingerprint density at radius 3 is 0.645 bits per heavy atom. The van der Waals surface area contributed by atoms with Gasteiger partial charge in [-0.25, -0.2) is 0 Å². The smallest absolute Gasteiger partial charge is 0.0748 e. The van der Waals surface area contributed by atoms with Gasteiger partial charge in [-0.15, -0.1) is 0 Å². The predicted molar refractivity (Wildman–Crippen MR) is 189 cm³/mol. The fourth-order valence-electron chi connectivity index (χ4n) is 2.27. The van der Waals surface area contributed by atoms with Gasteiger partial charge in [-0.05, 0) is 21.5 Å². The lowest BCUT2D eigenvalue weighted by Crippen LogP contribution is -1.67. The minimum Gasteiger partial charge on any atom is -0.0748 e. The summed E-state index contributed by atoms with van der Waals surface area (Å²) in [5.74, 6) is 0. The van der Waals surface area contributed by atoms with Crippen molar-refractivity contribution in [2.24, 2.45) is 0 Å². The summed E-state index contributed by atoms with van der Waals surface area (Å²) in [6, 6.07) is 33.4. The molecule has 0 fully saturated rings. The molecule has 0 spiro atoms. The van der Waals surface area contributed by atoms with Crippen LogP contribution in [-0.4, -0.2) is 2.37 Å². The maximum atomic E-state index is 2.32. The first-order valence-corrected chi connectivity index (χ1v) is 16.8. The Bertz CT molecular complexity index is 689. The first-order chi connectivity index (χ1) is 15.1. The lowest BCUT2D eigenvalue weighted by Gasteiger charge is -1.92. The molecule has 0 bridgehead atoms. The van der Waals surface area contributed by atoms with Crippen molar-refractivity contribution in [1.82, 2.24) is 0 Å². The largest absolute Gasteiger partial charge is 0.114 e. The Balaban J connectivity index is 0. The summed E-state index contributed by atoms with van der Waals surface area (Å²) in [7, 11) is 0. The van der Waals surface area contributed by atoms with Crippen molar-refractivity contribution in [3.63, 3.8) is 0 Å². The van der Waals surface area contributed by atoms with E-state index in [9.17, 15) is 0 Å². The van der Waals surface area contributed by atoms with E-state index in [2.05, 4.69) is 210 Å². The molecule has 0 aliphatic heterocycles. The normalized spacial score (nSPS) is 8.58. The number of fused-ring (bicyclic) bond motifs is 2. The number of rotatable bonds is 0. The second-order valence-corrected chi connectivity index (χ2v) is 20.4. The van der Waals surface area contributed by atoms with Crippen LogP contribution in [0.15, 0.2) is 97.1 Å². The molecule has 4 aromatic carbocycles. The zero-order chi connectivity index (χ0) is 23.9. The van der Waals surface area contributed by atoms with Gasteiger partial charge in [0.1, 0.15) is -0.0619 Å². The zero-order valence-corrected chi connectivity index (χ0v) is 29.2. The summed E-state index contributed by atoms with van der Waals surface area (Å²) >= 11 is 11.5. The lowest BCUT2D eigenvalue weighted by atomic mass is 10.1. The van der Waals surface area contributed by atoms with E-state index in [0.717, 1.165) is -0.0619 Å². The Morgan fingerprint density at radius 2 is 0.548 bits per heavy atom. The molecule has 0 nitrogen and oxygen atoms in total. The molecule has 0 atom stereocenters. The van der Waals surface area contributed by atoms with Crippen LogP contribution in [0.1, 0.15) is 27.7 Å². The van der Waals surface area contributed by atoms with Crippen LogP contribution in [0, 0.1) is 0 Å². The van der Waals surface area contributed by atoms with Crippen LogP contribution in [0.5, 0.6) is 0 Å². The van der Waals surface area contributed by atoms with Crippen molar-refractivity contribution in [1.29, 1.82) is 0 Å². The van der Waals surface area contributed by atoms with Crippen molar-refractivity contribution in [2.45, 2.75) is 27.6 Å². The molecule has 4 rings (SSSR count). The van der Waals surface area contributed by atoms with Gasteiger partial charge >= 0.3 is 0 Å². The molecule has 0 amide bonds. The summed E-state index contributed by atoms with van der Waals surface area (Å²) < 4.78 is 1.93. The van der Waals surface area contributed by atoms with E-state index in [-0.39, 0.29) is 0 Å². The molecule has 31 heavy (non-hydrogen) atoms. The highest BCUT2D eigenvalue weighted by atomic mass is 127. The van der Waals surface area contributed by atoms with Gasteiger partial charge in [0.25, 0.3) is 0 Å². The van der Waals surface area contributed by atoms with Gasteiger partial charge in [-0.2, -0.15) is 0 Å². The van der Waals surface area contributed by atoms with Crippen molar-refractivity contribution in [3.05, 3.63) is 97.1 Å². The highest BCUT2D eigenvalue weighted by Crippen LogP contribution is 2.16. The summed E-state index contributed by atoms with van der Waals surface area (Å²) in [4.78, 5) is 0. The average Bonchev–Trinajstić information content (AvgIpc) is 2.82. The quantitative estimate of drug-likeness (QED) is 0.122. The molecule has 5 heteroatoms. The van der Waals surface area contributed by atoms with Crippen LogP contribution in [-0.2, 0) is 0 Å². The topological polar surface area (TPSA) is 0 Å². The Labute approximate surface area is 257 Å². The fourth-order valence-corrected chi connectivity index (χ4v) is 2.27. The van der Waals surface area contributed by atoms with E-state index in [1.807, 2.05) is 27.7 Å². The van der Waals surface area contributed by atoms with Crippen LogP contribution >= 0.6 is 113 Å². The van der Waals surface area contributed by atoms with E-state index in [4.69, 9.17) is 0 Å². The summed E-state index contributed by atoms with van der Waals surface area (Å²) in [6.45, 7) is 8.00. The minimum atomic E-state index is 0.743. The van der Waals surface area contributed by atoms with Gasteiger partial charge < -0.3 is 0 Å². The third-order valence-electron chi connectivity index (χ3n) is 3.32. The van der Waals surface area contributed by atoms with Crippen LogP contribution in [0.2, 0.25) is 0 Å². The number of hydrogen-bond donors (Lipinski definition) is 0. The van der Waals surface area contributed by atoms with E-state index in [1.165, 1.54) is 24.0 Å². The van der Waals surface area contributed by atoms with E-state index < -0.39 is 0 Å². The maximum Gasteiger partial charge on any atom is 0.114 e. The van der Waals surface area contributed by atoms with E-state index >= 15 is 0 Å². The molecule has 0 aliphatic rings. The summed E-state index contributed by atoms with van der Waals surface area (Å²) in [5, 5.41) is 5.24. The molecule has 0 heterocycles. The maximum absolute atomic E-state index is 2.32. The van der Waals surface area contributed by atoms with Crippen LogP contribution in [0.3, 0.4) is 0 Å². The second-order valence-electron chi connectivity index (χ2n) is 5.04. The van der Waals surface area contributed by atoms with Gasteiger partial charge in [0.05, 0.1) is 2.43 Å². The number of hydrogen-bond acceptors (Lipinski definition) is 0. The number of benzene rings is 4. The number of halogens is 5. The van der Waals surface area contributed by atoms with E-state index in [0.29, 0.717) is 0 Å². The average molecular weight is 978 g/mol. The molecule has 4 aromatic rings. The van der Waals surface area contributed by atoms with Crippen LogP contribution in [0.25, 0.3) is 21.5 Å². The Hall–Kier alpha value is 1.05. The van der Waals surface area contributed by atoms with Crippen LogP contribution in [0.4, 0.5) is 0 Å². The van der Waals surface area contributed by atoms with E-state index in [1.54, 1.807) is 0 Å². The third kappa shape index (κ3) is 19.1. The summed E-state index contributed by atoms with van der Waals surface area (Å²) in [6.07, 6.45) is 0. The van der Waals surface area contributed by atoms with Crippen molar-refractivity contribution in [3.8, 4) is 0 Å². The second kappa shape index (κ2) is 25.7. The Kier molecular flexibility index (Phi) is 28.3.